The Morgan fingerprint density at radius 2 is 2.09 bits per heavy atom. The molecular formula is C23H21FN6O2S2. The number of aromatic nitrogens is 3. The van der Waals surface area contributed by atoms with Crippen LogP contribution in [0.5, 0.6) is 0 Å². The van der Waals surface area contributed by atoms with Crippen molar-refractivity contribution in [3.63, 3.8) is 0 Å². The summed E-state index contributed by atoms with van der Waals surface area (Å²) in [6, 6.07) is 6.32. The zero-order valence-corrected chi connectivity index (χ0v) is 19.8. The van der Waals surface area contributed by atoms with E-state index >= 15 is 0 Å². The first-order chi connectivity index (χ1) is 16.3. The normalized spacial score (nSPS) is 21.2. The van der Waals surface area contributed by atoms with Crippen molar-refractivity contribution in [2.75, 3.05) is 5.73 Å². The summed E-state index contributed by atoms with van der Waals surface area (Å²) in [4.78, 5) is 38.5. The van der Waals surface area contributed by atoms with Crippen molar-refractivity contribution in [2.45, 2.75) is 38.3 Å². The zero-order chi connectivity index (χ0) is 23.7. The van der Waals surface area contributed by atoms with E-state index in [9.17, 15) is 14.0 Å². The average Bonchev–Trinajstić information content (AvgIpc) is 3.13. The molecule has 0 unspecified atom stereocenters. The molecule has 0 radical (unpaired) electrons. The summed E-state index contributed by atoms with van der Waals surface area (Å²) in [5.41, 5.74) is 13.6. The van der Waals surface area contributed by atoms with Crippen molar-refractivity contribution in [1.82, 2.24) is 19.3 Å². The lowest BCUT2D eigenvalue weighted by molar-refractivity contribution is 0.0696. The molecule has 2 fully saturated rings. The third kappa shape index (κ3) is 3.30. The number of hydrogen-bond donors (Lipinski definition) is 2. The topological polar surface area (TPSA) is 120 Å². The number of nitrogen functional groups attached to an aromatic ring is 1. The van der Waals surface area contributed by atoms with Crippen LogP contribution in [0.4, 0.5) is 9.52 Å². The van der Waals surface area contributed by atoms with Crippen LogP contribution >= 0.6 is 22.7 Å². The number of thiazole rings is 2. The number of nitrogens with two attached hydrogens (primary N) is 2. The van der Waals surface area contributed by atoms with Gasteiger partial charge in [0.15, 0.2) is 10.1 Å². The van der Waals surface area contributed by atoms with Crippen LogP contribution in [0.15, 0.2) is 30.5 Å². The molecule has 2 amide bonds. The van der Waals surface area contributed by atoms with E-state index in [0.29, 0.717) is 33.4 Å². The molecule has 4 aromatic rings. The molecule has 4 N–H and O–H groups in total. The summed E-state index contributed by atoms with van der Waals surface area (Å²) < 4.78 is 15.7. The van der Waals surface area contributed by atoms with Gasteiger partial charge >= 0.3 is 0 Å². The first-order valence-electron chi connectivity index (χ1n) is 10.9. The van der Waals surface area contributed by atoms with Gasteiger partial charge < -0.3 is 16.4 Å². The van der Waals surface area contributed by atoms with Crippen LogP contribution in [0.2, 0.25) is 0 Å². The number of aryl methyl sites for hydroxylation is 1. The maximum Gasteiger partial charge on any atom is 0.274 e. The Bertz CT molecular complexity index is 1470. The molecule has 0 bridgehead atoms. The van der Waals surface area contributed by atoms with Crippen LogP contribution in [0.1, 0.15) is 44.4 Å². The molecule has 3 atom stereocenters. The van der Waals surface area contributed by atoms with Crippen LogP contribution in [0, 0.1) is 18.7 Å². The minimum Gasteiger partial charge on any atom is -0.375 e. The summed E-state index contributed by atoms with van der Waals surface area (Å²) in [5.74, 6) is -0.588. The number of halogens is 1. The zero-order valence-electron chi connectivity index (χ0n) is 18.2. The summed E-state index contributed by atoms with van der Waals surface area (Å²) in [6.07, 6.45) is 4.04. The van der Waals surface area contributed by atoms with Crippen LogP contribution < -0.4 is 11.5 Å². The second-order valence-electron chi connectivity index (χ2n) is 8.85. The number of imidazole rings is 1. The SMILES string of the molecule is Cc1c(C[C@@H]2C[C@@H]3C[C@@H]3N2C(=O)c2nc(N)sc2-c2cccc(F)c2)sc2ncc(C(N)=O)n12. The molecule has 0 spiro atoms. The van der Waals surface area contributed by atoms with Crippen molar-refractivity contribution in [2.24, 2.45) is 11.7 Å². The van der Waals surface area contributed by atoms with E-state index in [-0.39, 0.29) is 34.6 Å². The second kappa shape index (κ2) is 7.60. The fourth-order valence-electron chi connectivity index (χ4n) is 5.10. The van der Waals surface area contributed by atoms with Crippen LogP contribution in [0.25, 0.3) is 15.4 Å². The van der Waals surface area contributed by atoms with E-state index in [2.05, 4.69) is 9.97 Å². The Kier molecular flexibility index (Phi) is 4.75. The van der Waals surface area contributed by atoms with Gasteiger partial charge in [0.25, 0.3) is 11.8 Å². The standard InChI is InChI=1S/C23H21FN6O2S2/c1-10-17(33-23-27-9-16(20(25)31)29(10)23)8-14-6-12-7-15(12)30(14)21(32)18-19(34-22(26)28-18)11-3-2-4-13(24)5-11/h2-5,9,12,14-15H,6-8H2,1H3,(H2,25,31)(H2,26,28)/t12-,14+,15+/m1/s1. The second-order valence-corrected chi connectivity index (χ2v) is 10.9. The van der Waals surface area contributed by atoms with Crippen molar-refractivity contribution < 1.29 is 14.0 Å². The third-order valence-electron chi connectivity index (χ3n) is 6.73. The average molecular weight is 497 g/mol. The highest BCUT2D eigenvalue weighted by molar-refractivity contribution is 7.19. The monoisotopic (exact) mass is 496 g/mol. The van der Waals surface area contributed by atoms with E-state index < -0.39 is 5.91 Å². The van der Waals surface area contributed by atoms with Crippen LogP contribution in [-0.2, 0) is 6.42 Å². The smallest absolute Gasteiger partial charge is 0.274 e. The van der Waals surface area contributed by atoms with Gasteiger partial charge in [-0.25, -0.2) is 14.4 Å². The highest BCUT2D eigenvalue weighted by Gasteiger charge is 2.54. The number of carbonyl (C=O) groups is 2. The number of primary amides is 1. The third-order valence-corrected chi connectivity index (χ3v) is 8.85. The Balaban J connectivity index is 1.33. The van der Waals surface area contributed by atoms with Crippen LogP contribution in [-0.4, -0.2) is 43.2 Å². The molecule has 2 aliphatic rings. The molecule has 6 rings (SSSR count). The van der Waals surface area contributed by atoms with Gasteiger partial charge in [-0.1, -0.05) is 23.5 Å². The molecule has 1 saturated heterocycles. The molecule has 34 heavy (non-hydrogen) atoms. The Labute approximate surface area is 202 Å². The van der Waals surface area contributed by atoms with Gasteiger partial charge in [-0.2, -0.15) is 0 Å². The van der Waals surface area contributed by atoms with Gasteiger partial charge in [-0.05, 0) is 43.4 Å². The number of hydrogen-bond acceptors (Lipinski definition) is 7. The molecule has 1 aliphatic carbocycles. The number of amides is 2. The summed E-state index contributed by atoms with van der Waals surface area (Å²) >= 11 is 2.70. The van der Waals surface area contributed by atoms with E-state index in [4.69, 9.17) is 11.5 Å². The molecule has 1 saturated carbocycles. The lowest BCUT2D eigenvalue weighted by Gasteiger charge is -2.27. The Morgan fingerprint density at radius 3 is 2.85 bits per heavy atom. The lowest BCUT2D eigenvalue weighted by Crippen LogP contribution is -2.40. The Hall–Kier alpha value is -3.31. The summed E-state index contributed by atoms with van der Waals surface area (Å²) in [5, 5.41) is 0.278. The molecule has 1 aromatic carbocycles. The molecule has 8 nitrogen and oxygen atoms in total. The van der Waals surface area contributed by atoms with Crippen LogP contribution in [0.3, 0.4) is 0 Å². The molecule has 4 heterocycles. The number of fused-ring (bicyclic) bond motifs is 2. The Morgan fingerprint density at radius 1 is 1.26 bits per heavy atom. The number of carbonyl (C=O) groups excluding carboxylic acids is 2. The summed E-state index contributed by atoms with van der Waals surface area (Å²) in [7, 11) is 0. The quantitative estimate of drug-likeness (QED) is 0.438. The number of likely N-dealkylation sites (tertiary alicyclic amines) is 1. The highest BCUT2D eigenvalue weighted by atomic mass is 32.1. The molecule has 174 valence electrons. The molecular weight excluding hydrogens is 475 g/mol. The lowest BCUT2D eigenvalue weighted by atomic mass is 10.1. The van der Waals surface area contributed by atoms with Gasteiger partial charge in [-0.3, -0.25) is 14.0 Å². The van der Waals surface area contributed by atoms with E-state index in [1.807, 2.05) is 11.8 Å². The van der Waals surface area contributed by atoms with Gasteiger partial charge in [0.2, 0.25) is 0 Å². The summed E-state index contributed by atoms with van der Waals surface area (Å²) in [6.45, 7) is 1.94. The number of rotatable bonds is 5. The van der Waals surface area contributed by atoms with Crippen molar-refractivity contribution in [3.05, 3.63) is 58.2 Å². The minimum absolute atomic E-state index is 0.00128. The molecule has 11 heteroatoms. The predicted octanol–water partition coefficient (Wildman–Crippen LogP) is 3.49. The molecule has 1 aliphatic heterocycles. The van der Waals surface area contributed by atoms with Crippen molar-refractivity contribution >= 4 is 44.6 Å². The van der Waals surface area contributed by atoms with Gasteiger partial charge in [-0.15, -0.1) is 11.3 Å². The number of nitrogens with zero attached hydrogens (tertiary/aromatic N) is 4. The highest BCUT2D eigenvalue weighted by Crippen LogP contribution is 2.50. The van der Waals surface area contributed by atoms with E-state index in [1.165, 1.54) is 41.0 Å². The maximum absolute atomic E-state index is 13.9. The van der Waals surface area contributed by atoms with Gasteiger partial charge in [0, 0.05) is 29.1 Å². The van der Waals surface area contributed by atoms with Crippen molar-refractivity contribution in [3.8, 4) is 10.4 Å². The number of anilines is 1. The maximum atomic E-state index is 13.9. The minimum atomic E-state index is -0.523. The van der Waals surface area contributed by atoms with Gasteiger partial charge in [0.05, 0.1) is 11.1 Å². The predicted molar refractivity (Wildman–Crippen MR) is 128 cm³/mol. The van der Waals surface area contributed by atoms with E-state index in [0.717, 1.165) is 23.4 Å². The first-order valence-corrected chi connectivity index (χ1v) is 12.6. The van der Waals surface area contributed by atoms with Crippen molar-refractivity contribution in [1.29, 1.82) is 0 Å². The fourth-order valence-corrected chi connectivity index (χ4v) is 7.09. The number of piperidine rings is 1. The van der Waals surface area contributed by atoms with E-state index in [1.54, 1.807) is 16.5 Å². The largest absolute Gasteiger partial charge is 0.375 e. The number of benzene rings is 1. The fraction of sp³-hybridized carbons (Fsp3) is 0.304. The molecule has 3 aromatic heterocycles. The first kappa shape index (κ1) is 21.2. The van der Waals surface area contributed by atoms with Gasteiger partial charge in [0.1, 0.15) is 17.2 Å².